The summed E-state index contributed by atoms with van der Waals surface area (Å²) >= 11 is 0. The minimum atomic E-state index is -4.20. The molecule has 0 fully saturated rings. The van der Waals surface area contributed by atoms with Crippen molar-refractivity contribution in [3.05, 3.63) is 11.4 Å². The lowest BCUT2D eigenvalue weighted by molar-refractivity contribution is -0.135. The normalized spacial score (nSPS) is 12.9. The molecule has 0 amide bonds. The van der Waals surface area contributed by atoms with Crippen LogP contribution >= 0.6 is 0 Å². The van der Waals surface area contributed by atoms with Crippen LogP contribution in [0.1, 0.15) is 30.7 Å². The van der Waals surface area contributed by atoms with Crippen LogP contribution in [0.2, 0.25) is 0 Å². The summed E-state index contributed by atoms with van der Waals surface area (Å²) in [6.45, 7) is 3.09. The Morgan fingerprint density at radius 2 is 1.89 bits per heavy atom. The largest absolute Gasteiger partial charge is 0.389 e. The smallest absolute Gasteiger partial charge is 0.281 e. The quantitative estimate of drug-likeness (QED) is 0.789. The van der Waals surface area contributed by atoms with Crippen molar-refractivity contribution in [3.63, 3.8) is 0 Å². The fourth-order valence-corrected chi connectivity index (χ4v) is 3.11. The highest BCUT2D eigenvalue weighted by atomic mass is 32.2. The molecule has 0 spiro atoms. The van der Waals surface area contributed by atoms with Gasteiger partial charge >= 0.3 is 6.18 Å². The van der Waals surface area contributed by atoms with Crippen LogP contribution in [0.5, 0.6) is 0 Å². The number of hydrogen-bond donors (Lipinski definition) is 2. The fraction of sp³-hybridized carbons (Fsp3) is 0.700. The maximum absolute atomic E-state index is 11.9. The highest BCUT2D eigenvalue weighted by Crippen LogP contribution is 2.22. The van der Waals surface area contributed by atoms with E-state index in [4.69, 9.17) is 0 Å². The number of rotatable bonds is 6. The Morgan fingerprint density at radius 1 is 1.26 bits per heavy atom. The molecule has 1 aromatic rings. The lowest BCUT2D eigenvalue weighted by atomic mass is 10.2. The Balaban J connectivity index is 2.49. The molecular weight excluding hydrogens is 283 g/mol. The second kappa shape index (κ2) is 5.91. The third-order valence-electron chi connectivity index (χ3n) is 2.51. The van der Waals surface area contributed by atoms with E-state index in [1.807, 2.05) is 0 Å². The molecule has 110 valence electrons. The molecule has 0 unspecified atom stereocenters. The Morgan fingerprint density at radius 3 is 2.37 bits per heavy atom. The van der Waals surface area contributed by atoms with Crippen molar-refractivity contribution in [1.82, 2.24) is 14.9 Å². The maximum atomic E-state index is 11.9. The summed E-state index contributed by atoms with van der Waals surface area (Å²) in [5, 5.41) is 6.31. The molecule has 0 aliphatic rings. The molecule has 0 saturated heterocycles. The summed E-state index contributed by atoms with van der Waals surface area (Å²) in [5.41, 5.74) is 0.737. The van der Waals surface area contributed by atoms with Crippen LogP contribution in [0.15, 0.2) is 4.90 Å². The van der Waals surface area contributed by atoms with Gasteiger partial charge in [0.25, 0.3) is 0 Å². The zero-order valence-corrected chi connectivity index (χ0v) is 11.5. The molecule has 0 aromatic carbocycles. The highest BCUT2D eigenvalue weighted by molar-refractivity contribution is 7.89. The van der Waals surface area contributed by atoms with Crippen LogP contribution in [0, 0.1) is 13.8 Å². The van der Waals surface area contributed by atoms with Crippen molar-refractivity contribution < 1.29 is 21.6 Å². The van der Waals surface area contributed by atoms with E-state index in [1.165, 1.54) is 0 Å². The number of halogens is 3. The zero-order valence-electron chi connectivity index (χ0n) is 10.6. The number of aromatic nitrogens is 2. The molecule has 5 nitrogen and oxygen atoms in total. The average Bonchev–Trinajstić information content (AvgIpc) is 2.56. The minimum absolute atomic E-state index is 0.0253. The molecule has 0 atom stereocenters. The van der Waals surface area contributed by atoms with Gasteiger partial charge in [-0.1, -0.05) is 0 Å². The lowest BCUT2D eigenvalue weighted by Gasteiger charge is -2.08. The average molecular weight is 299 g/mol. The SMILES string of the molecule is Cc1n[nH]c(C)c1S(=O)(=O)NCCCCC(F)(F)F. The number of H-pyrrole nitrogens is 1. The van der Waals surface area contributed by atoms with Gasteiger partial charge in [0.15, 0.2) is 0 Å². The zero-order chi connectivity index (χ0) is 14.7. The molecule has 1 aromatic heterocycles. The lowest BCUT2D eigenvalue weighted by Crippen LogP contribution is -2.26. The standard InChI is InChI=1S/C10H16F3N3O2S/c1-7-9(8(2)16-15-7)19(17,18)14-6-4-3-5-10(11,12)13/h14H,3-6H2,1-2H3,(H,15,16). The molecule has 1 heterocycles. The fourth-order valence-electron chi connectivity index (χ4n) is 1.67. The third kappa shape index (κ3) is 4.83. The highest BCUT2D eigenvalue weighted by Gasteiger charge is 2.26. The molecule has 0 radical (unpaired) electrons. The molecule has 0 bridgehead atoms. The first-order valence-electron chi connectivity index (χ1n) is 5.71. The number of aromatic amines is 1. The van der Waals surface area contributed by atoms with Gasteiger partial charge in [0.2, 0.25) is 10.0 Å². The van der Waals surface area contributed by atoms with Gasteiger partial charge in [0, 0.05) is 13.0 Å². The summed E-state index contributed by atoms with van der Waals surface area (Å²) in [4.78, 5) is 0.0586. The first-order valence-corrected chi connectivity index (χ1v) is 7.20. The van der Waals surface area contributed by atoms with E-state index in [2.05, 4.69) is 14.9 Å². The van der Waals surface area contributed by atoms with Gasteiger partial charge in [-0.2, -0.15) is 18.3 Å². The van der Waals surface area contributed by atoms with Crippen LogP contribution in [0.4, 0.5) is 13.2 Å². The van der Waals surface area contributed by atoms with E-state index in [0.29, 0.717) is 11.4 Å². The van der Waals surface area contributed by atoms with Crippen molar-refractivity contribution in [1.29, 1.82) is 0 Å². The molecule has 2 N–H and O–H groups in total. The van der Waals surface area contributed by atoms with Gasteiger partial charge < -0.3 is 0 Å². The van der Waals surface area contributed by atoms with Gasteiger partial charge in [-0.25, -0.2) is 13.1 Å². The van der Waals surface area contributed by atoms with E-state index >= 15 is 0 Å². The molecule has 1 rings (SSSR count). The predicted molar refractivity (Wildman–Crippen MR) is 63.2 cm³/mol. The second-order valence-corrected chi connectivity index (χ2v) is 5.94. The summed E-state index contributed by atoms with van der Waals surface area (Å²) in [7, 11) is -3.72. The molecule has 9 heteroatoms. The van der Waals surface area contributed by atoms with E-state index in [1.54, 1.807) is 13.8 Å². The Hall–Kier alpha value is -1.09. The molecule has 0 aliphatic heterocycles. The summed E-state index contributed by atoms with van der Waals surface area (Å²) in [6, 6.07) is 0. The summed E-state index contributed by atoms with van der Waals surface area (Å²) in [5.74, 6) is 0. The van der Waals surface area contributed by atoms with E-state index in [0.717, 1.165) is 0 Å². The van der Waals surface area contributed by atoms with Gasteiger partial charge in [-0.3, -0.25) is 5.10 Å². The molecular formula is C10H16F3N3O2S. The van der Waals surface area contributed by atoms with Gasteiger partial charge in [-0.15, -0.1) is 0 Å². The minimum Gasteiger partial charge on any atom is -0.281 e. The van der Waals surface area contributed by atoms with Crippen LogP contribution in [0.3, 0.4) is 0 Å². The predicted octanol–water partition coefficient (Wildman–Crippen LogP) is 2.04. The van der Waals surface area contributed by atoms with Crippen LogP contribution in [0.25, 0.3) is 0 Å². The number of nitrogens with one attached hydrogen (secondary N) is 2. The molecule has 0 saturated carbocycles. The number of aryl methyl sites for hydroxylation is 2. The Kier molecular flexibility index (Phi) is 4.97. The van der Waals surface area contributed by atoms with Crippen molar-refractivity contribution in [2.45, 2.75) is 44.2 Å². The van der Waals surface area contributed by atoms with Gasteiger partial charge in [0.05, 0.1) is 11.4 Å². The monoisotopic (exact) mass is 299 g/mol. The summed E-state index contributed by atoms with van der Waals surface area (Å²) < 4.78 is 61.8. The van der Waals surface area contributed by atoms with Crippen molar-refractivity contribution in [3.8, 4) is 0 Å². The number of nitrogens with zero attached hydrogens (tertiary/aromatic N) is 1. The third-order valence-corrected chi connectivity index (χ3v) is 4.23. The van der Waals surface area contributed by atoms with E-state index < -0.39 is 22.6 Å². The van der Waals surface area contributed by atoms with Crippen molar-refractivity contribution >= 4 is 10.0 Å². The van der Waals surface area contributed by atoms with Crippen LogP contribution < -0.4 is 4.72 Å². The molecule has 0 aliphatic carbocycles. The van der Waals surface area contributed by atoms with Crippen molar-refractivity contribution in [2.75, 3.05) is 6.54 Å². The second-order valence-electron chi connectivity index (χ2n) is 4.23. The first-order chi connectivity index (χ1) is 8.63. The van der Waals surface area contributed by atoms with Gasteiger partial charge in [0.1, 0.15) is 4.90 Å². The number of hydrogen-bond acceptors (Lipinski definition) is 3. The van der Waals surface area contributed by atoms with Crippen LogP contribution in [-0.4, -0.2) is 31.3 Å². The van der Waals surface area contributed by atoms with E-state index in [-0.39, 0.29) is 24.3 Å². The van der Waals surface area contributed by atoms with Gasteiger partial charge in [-0.05, 0) is 26.7 Å². The Labute approximate surface area is 109 Å². The number of sulfonamides is 1. The van der Waals surface area contributed by atoms with Crippen LogP contribution in [-0.2, 0) is 10.0 Å². The number of alkyl halides is 3. The number of unbranched alkanes of at least 4 members (excludes halogenated alkanes) is 1. The topological polar surface area (TPSA) is 74.8 Å². The maximum Gasteiger partial charge on any atom is 0.389 e. The van der Waals surface area contributed by atoms with Crippen molar-refractivity contribution in [2.24, 2.45) is 0 Å². The Bertz CT molecular complexity index is 503. The first kappa shape index (κ1) is 16.0. The molecule has 19 heavy (non-hydrogen) atoms. The summed E-state index contributed by atoms with van der Waals surface area (Å²) in [6.07, 6.45) is -5.07. The van der Waals surface area contributed by atoms with E-state index in [9.17, 15) is 21.6 Å².